The van der Waals surface area contributed by atoms with Crippen molar-refractivity contribution in [3.8, 4) is 22.8 Å². The zero-order chi connectivity index (χ0) is 38.3. The third-order valence-corrected chi connectivity index (χ3v) is 12.7. The van der Waals surface area contributed by atoms with Gasteiger partial charge in [0, 0.05) is 54.3 Å². The average molecular weight is 750 g/mol. The van der Waals surface area contributed by atoms with Crippen molar-refractivity contribution in [1.82, 2.24) is 23.5 Å². The van der Waals surface area contributed by atoms with Crippen molar-refractivity contribution in [1.29, 1.82) is 0 Å². The van der Waals surface area contributed by atoms with Crippen LogP contribution in [0.5, 0.6) is 0 Å². The Morgan fingerprint density at radius 2 is 0.915 bits per heavy atom. The minimum atomic E-state index is 0.802. The fourth-order valence-corrected chi connectivity index (χ4v) is 10.4. The number of para-hydroxylation sites is 5. The number of nitrogens with zero attached hydrogens (tertiary/aromatic N) is 5. The Morgan fingerprint density at radius 3 is 1.76 bits per heavy atom. The lowest BCUT2D eigenvalue weighted by molar-refractivity contribution is 1.08. The zero-order valence-corrected chi connectivity index (χ0v) is 31.6. The summed E-state index contributed by atoms with van der Waals surface area (Å²) in [7, 11) is 0. The van der Waals surface area contributed by atoms with Gasteiger partial charge in [0.1, 0.15) is 5.69 Å². The van der Waals surface area contributed by atoms with Crippen LogP contribution in [-0.2, 0) is 0 Å². The third-order valence-electron chi connectivity index (χ3n) is 12.7. The van der Waals surface area contributed by atoms with Crippen LogP contribution in [0, 0.1) is 0 Å². The van der Waals surface area contributed by atoms with Gasteiger partial charge in [-0.15, -0.1) is 0 Å². The second-order valence-corrected chi connectivity index (χ2v) is 15.7. The monoisotopic (exact) mass is 749 g/mol. The van der Waals surface area contributed by atoms with E-state index in [0.717, 1.165) is 66.6 Å². The highest BCUT2D eigenvalue weighted by atomic mass is 15.1. The quantitative estimate of drug-likeness (QED) is 0.169. The molecule has 5 nitrogen and oxygen atoms in total. The molecule has 0 amide bonds. The van der Waals surface area contributed by atoms with E-state index in [2.05, 4.69) is 202 Å². The van der Waals surface area contributed by atoms with Crippen molar-refractivity contribution in [2.45, 2.75) is 0 Å². The van der Waals surface area contributed by atoms with Gasteiger partial charge < -0.3 is 8.97 Å². The summed E-state index contributed by atoms with van der Waals surface area (Å²) in [6, 6.07) is 68.0. The molecular formula is C54H31N5. The summed E-state index contributed by atoms with van der Waals surface area (Å²) in [4.78, 5) is 11.5. The smallest absolute Gasteiger partial charge is 0.165 e. The molecule has 14 rings (SSSR count). The van der Waals surface area contributed by atoms with E-state index < -0.39 is 0 Å². The van der Waals surface area contributed by atoms with Crippen LogP contribution in [0.15, 0.2) is 188 Å². The minimum absolute atomic E-state index is 0.802. The van der Waals surface area contributed by atoms with E-state index in [4.69, 9.17) is 9.97 Å². The van der Waals surface area contributed by atoms with E-state index in [-0.39, 0.29) is 0 Å². The van der Waals surface area contributed by atoms with E-state index in [0.29, 0.717) is 0 Å². The molecule has 0 N–H and O–H groups in total. The SMILES string of the molecule is c1ccc(-n2c3ccccc3c3cccc(-c4nc5c(ccc6ccccc65)nc4-n4c5cccc6c7cccc8c9ccccc9n(c9cccc4c9c65)c78)c32)cc1. The van der Waals surface area contributed by atoms with Crippen molar-refractivity contribution in [3.05, 3.63) is 188 Å². The zero-order valence-electron chi connectivity index (χ0n) is 31.6. The van der Waals surface area contributed by atoms with E-state index >= 15 is 0 Å². The number of aromatic nitrogens is 5. The van der Waals surface area contributed by atoms with E-state index in [1.807, 2.05) is 0 Å². The average Bonchev–Trinajstić information content (AvgIpc) is 3.92. The van der Waals surface area contributed by atoms with Gasteiger partial charge in [0.15, 0.2) is 5.82 Å². The predicted molar refractivity (Wildman–Crippen MR) is 246 cm³/mol. The maximum atomic E-state index is 5.78. The summed E-state index contributed by atoms with van der Waals surface area (Å²) in [5.41, 5.74) is 12.8. The number of benzene rings is 9. The Hall–Kier alpha value is -8.02. The Labute approximate surface area is 336 Å². The van der Waals surface area contributed by atoms with E-state index in [9.17, 15) is 0 Å². The summed E-state index contributed by atoms with van der Waals surface area (Å²) >= 11 is 0. The van der Waals surface area contributed by atoms with Crippen LogP contribution in [0.25, 0.3) is 126 Å². The highest BCUT2D eigenvalue weighted by molar-refractivity contribution is 6.31. The summed E-state index contributed by atoms with van der Waals surface area (Å²) in [6.45, 7) is 0. The number of hydrogen-bond acceptors (Lipinski definition) is 2. The molecule has 0 bridgehead atoms. The summed E-state index contributed by atoms with van der Waals surface area (Å²) in [5.74, 6) is 0.802. The molecule has 0 saturated carbocycles. The molecule has 5 aromatic heterocycles. The second-order valence-electron chi connectivity index (χ2n) is 15.7. The van der Waals surface area contributed by atoms with Gasteiger partial charge in [0.25, 0.3) is 0 Å². The Kier molecular flexibility index (Phi) is 5.96. The van der Waals surface area contributed by atoms with Crippen molar-refractivity contribution in [3.63, 3.8) is 0 Å². The van der Waals surface area contributed by atoms with Crippen molar-refractivity contribution >= 4 is 104 Å². The van der Waals surface area contributed by atoms with Gasteiger partial charge in [0.2, 0.25) is 0 Å². The molecule has 0 radical (unpaired) electrons. The molecule has 272 valence electrons. The Morgan fingerprint density at radius 1 is 0.339 bits per heavy atom. The molecule has 0 saturated heterocycles. The highest BCUT2D eigenvalue weighted by Crippen LogP contribution is 2.46. The molecule has 14 aromatic rings. The second kappa shape index (κ2) is 11.3. The molecule has 0 aliphatic carbocycles. The molecular weight excluding hydrogens is 719 g/mol. The first-order valence-electron chi connectivity index (χ1n) is 20.2. The Bertz CT molecular complexity index is 4070. The third kappa shape index (κ3) is 3.98. The maximum absolute atomic E-state index is 5.78. The van der Waals surface area contributed by atoms with Gasteiger partial charge in [-0.2, -0.15) is 0 Å². The standard InChI is InChI=1S/C54H31N5/c1-2-15-33(16-3-1)57-43-25-8-6-18-35(43)39-22-11-24-41(53(39)57)51-54(55-42-31-30-32-14-4-5-17-34(32)50(42)56-51)59-45-27-12-20-37-40-23-10-21-38-36-19-7-9-26-44(36)58(52(38)40)46-28-13-29-47(59)49(46)48(37)45/h1-31H. The first-order chi connectivity index (χ1) is 29.3. The van der Waals surface area contributed by atoms with E-state index in [1.54, 1.807) is 0 Å². The van der Waals surface area contributed by atoms with Gasteiger partial charge in [-0.1, -0.05) is 140 Å². The first-order valence-corrected chi connectivity index (χ1v) is 20.2. The van der Waals surface area contributed by atoms with Gasteiger partial charge >= 0.3 is 0 Å². The molecule has 0 spiro atoms. The van der Waals surface area contributed by atoms with Crippen LogP contribution in [-0.4, -0.2) is 23.5 Å². The van der Waals surface area contributed by atoms with Gasteiger partial charge in [-0.25, -0.2) is 9.97 Å². The normalized spacial score (nSPS) is 12.4. The van der Waals surface area contributed by atoms with Crippen LogP contribution >= 0.6 is 0 Å². The first kappa shape index (κ1) is 31.1. The predicted octanol–water partition coefficient (Wildman–Crippen LogP) is 13.8. The lowest BCUT2D eigenvalue weighted by Gasteiger charge is -2.17. The molecule has 0 aliphatic rings. The summed E-state index contributed by atoms with van der Waals surface area (Å²) < 4.78 is 7.28. The lowest BCUT2D eigenvalue weighted by Crippen LogP contribution is -2.05. The van der Waals surface area contributed by atoms with Crippen molar-refractivity contribution in [2.24, 2.45) is 0 Å². The highest BCUT2D eigenvalue weighted by Gasteiger charge is 2.26. The van der Waals surface area contributed by atoms with Crippen LogP contribution in [0.1, 0.15) is 0 Å². The van der Waals surface area contributed by atoms with Crippen LogP contribution in [0.4, 0.5) is 0 Å². The number of hydrogen-bond donors (Lipinski definition) is 0. The van der Waals surface area contributed by atoms with Crippen LogP contribution < -0.4 is 0 Å². The lowest BCUT2D eigenvalue weighted by atomic mass is 10.0. The fraction of sp³-hybridized carbons (Fsp3) is 0. The topological polar surface area (TPSA) is 40.0 Å². The van der Waals surface area contributed by atoms with Crippen molar-refractivity contribution in [2.75, 3.05) is 0 Å². The van der Waals surface area contributed by atoms with Gasteiger partial charge in [0.05, 0.1) is 49.7 Å². The fourth-order valence-electron chi connectivity index (χ4n) is 10.4. The maximum Gasteiger partial charge on any atom is 0.165 e. The molecule has 0 aliphatic heterocycles. The number of rotatable bonds is 3. The van der Waals surface area contributed by atoms with Crippen LogP contribution in [0.2, 0.25) is 0 Å². The summed E-state index contributed by atoms with van der Waals surface area (Å²) in [6.07, 6.45) is 0. The molecule has 59 heavy (non-hydrogen) atoms. The summed E-state index contributed by atoms with van der Waals surface area (Å²) in [5, 5.41) is 12.0. The molecule has 0 atom stereocenters. The largest absolute Gasteiger partial charge is 0.309 e. The molecule has 0 fully saturated rings. The Balaban J connectivity index is 1.21. The van der Waals surface area contributed by atoms with Gasteiger partial charge in [-0.3, -0.25) is 4.57 Å². The minimum Gasteiger partial charge on any atom is -0.309 e. The van der Waals surface area contributed by atoms with E-state index in [1.165, 1.54) is 59.6 Å². The van der Waals surface area contributed by atoms with Crippen molar-refractivity contribution < 1.29 is 0 Å². The number of fused-ring (bicyclic) bond motifs is 11. The van der Waals surface area contributed by atoms with Crippen LogP contribution in [0.3, 0.4) is 0 Å². The molecule has 9 aromatic carbocycles. The molecule has 5 heterocycles. The molecule has 0 unspecified atom stereocenters. The van der Waals surface area contributed by atoms with Gasteiger partial charge in [-0.05, 0) is 59.3 Å². The molecule has 5 heteroatoms.